The summed E-state index contributed by atoms with van der Waals surface area (Å²) in [4.78, 5) is 10.9. The van der Waals surface area contributed by atoms with Crippen molar-refractivity contribution < 1.29 is 5.03 Å². The quantitative estimate of drug-likeness (QED) is 0.298. The van der Waals surface area contributed by atoms with Crippen LogP contribution in [0.5, 0.6) is 0 Å². The zero-order valence-corrected chi connectivity index (χ0v) is 12.8. The lowest BCUT2D eigenvalue weighted by molar-refractivity contribution is -0.495. The van der Waals surface area contributed by atoms with Crippen molar-refractivity contribution in [3.05, 3.63) is 118 Å². The normalized spacial score (nSPS) is 11.5. The first kappa shape index (κ1) is 15.6. The van der Waals surface area contributed by atoms with E-state index in [9.17, 15) is 10.1 Å². The summed E-state index contributed by atoms with van der Waals surface area (Å²) in [6.45, 7) is 0. The van der Waals surface area contributed by atoms with Crippen molar-refractivity contribution in [2.75, 3.05) is 0 Å². The summed E-state index contributed by atoms with van der Waals surface area (Å²) >= 11 is 0. The van der Waals surface area contributed by atoms with Crippen LogP contribution in [0.1, 0.15) is 16.7 Å². The Hall–Kier alpha value is -3.34. The van der Waals surface area contributed by atoms with E-state index in [4.69, 9.17) is 0 Å². The standard InChI is InChI=1S/C19H15N3O2/c23-22(24)21-20-19(16-10-4-1-5-11-16,17-12-6-2-7-13-17)18-14-8-3-9-15-18/h1-15H. The second-order valence-corrected chi connectivity index (χ2v) is 5.24. The third-order valence-electron chi connectivity index (χ3n) is 3.84. The van der Waals surface area contributed by atoms with E-state index < -0.39 is 10.6 Å². The molecule has 0 aromatic heterocycles. The molecule has 0 spiro atoms. The Morgan fingerprint density at radius 2 is 1.00 bits per heavy atom. The van der Waals surface area contributed by atoms with E-state index >= 15 is 0 Å². The van der Waals surface area contributed by atoms with Gasteiger partial charge in [-0.1, -0.05) is 91.0 Å². The van der Waals surface area contributed by atoms with Gasteiger partial charge >= 0.3 is 0 Å². The lowest BCUT2D eigenvalue weighted by Crippen LogP contribution is -2.27. The summed E-state index contributed by atoms with van der Waals surface area (Å²) in [5.74, 6) is 0. The van der Waals surface area contributed by atoms with Gasteiger partial charge in [0.25, 0.3) is 5.54 Å². The van der Waals surface area contributed by atoms with Crippen molar-refractivity contribution in [3.63, 3.8) is 0 Å². The fourth-order valence-corrected chi connectivity index (χ4v) is 2.81. The number of nitrogens with zero attached hydrogens (tertiary/aromatic N) is 3. The minimum Gasteiger partial charge on any atom is -0.337 e. The average molecular weight is 317 g/mol. The van der Waals surface area contributed by atoms with Crippen molar-refractivity contribution in [2.24, 2.45) is 10.3 Å². The molecule has 24 heavy (non-hydrogen) atoms. The molecule has 0 aliphatic heterocycles. The van der Waals surface area contributed by atoms with Crippen LogP contribution in [0.15, 0.2) is 101 Å². The molecule has 3 aromatic carbocycles. The molecule has 0 unspecified atom stereocenters. The Bertz CT molecular complexity index is 738. The van der Waals surface area contributed by atoms with Crippen molar-refractivity contribution in [2.45, 2.75) is 5.54 Å². The highest BCUT2D eigenvalue weighted by Gasteiger charge is 2.43. The van der Waals surface area contributed by atoms with E-state index in [0.717, 1.165) is 16.7 Å². The van der Waals surface area contributed by atoms with Crippen molar-refractivity contribution in [3.8, 4) is 0 Å². The zero-order valence-electron chi connectivity index (χ0n) is 12.8. The van der Waals surface area contributed by atoms with Crippen LogP contribution in [0.4, 0.5) is 0 Å². The molecule has 5 heteroatoms. The SMILES string of the molecule is O=[N+]([O-])N=NC(c1ccccc1)(c1ccccc1)c1ccccc1. The minimum absolute atomic E-state index is 0.774. The van der Waals surface area contributed by atoms with Gasteiger partial charge in [0.2, 0.25) is 0 Å². The van der Waals surface area contributed by atoms with Crippen molar-refractivity contribution >= 4 is 0 Å². The van der Waals surface area contributed by atoms with Crippen LogP contribution in [-0.2, 0) is 5.54 Å². The number of hydrogen-bond acceptors (Lipinski definition) is 3. The van der Waals surface area contributed by atoms with Crippen LogP contribution in [0.2, 0.25) is 0 Å². The van der Waals surface area contributed by atoms with Crippen LogP contribution >= 0.6 is 0 Å². The molecule has 0 aliphatic rings. The monoisotopic (exact) mass is 317 g/mol. The van der Waals surface area contributed by atoms with Gasteiger partial charge in [-0.05, 0) is 0 Å². The summed E-state index contributed by atoms with van der Waals surface area (Å²) in [5.41, 5.74) is 1.37. The highest BCUT2D eigenvalue weighted by Crippen LogP contribution is 2.40. The van der Waals surface area contributed by atoms with E-state index in [2.05, 4.69) is 10.3 Å². The van der Waals surface area contributed by atoms with Crippen molar-refractivity contribution in [1.82, 2.24) is 0 Å². The Morgan fingerprint density at radius 3 is 1.29 bits per heavy atom. The molecule has 0 saturated carbocycles. The Balaban J connectivity index is 2.35. The van der Waals surface area contributed by atoms with Crippen LogP contribution in [-0.4, -0.2) is 5.03 Å². The summed E-state index contributed by atoms with van der Waals surface area (Å²) < 4.78 is 0. The van der Waals surface area contributed by atoms with Gasteiger partial charge in [-0.15, -0.1) is 0 Å². The molecule has 0 amide bonds. The number of nitro groups is 1. The predicted octanol–water partition coefficient (Wildman–Crippen LogP) is 4.62. The Morgan fingerprint density at radius 1 is 0.667 bits per heavy atom. The summed E-state index contributed by atoms with van der Waals surface area (Å²) in [6, 6.07) is 28.4. The van der Waals surface area contributed by atoms with E-state index in [0.29, 0.717) is 0 Å². The van der Waals surface area contributed by atoms with E-state index in [1.165, 1.54) is 0 Å². The van der Waals surface area contributed by atoms with Crippen LogP contribution in [0, 0.1) is 10.1 Å². The first-order chi connectivity index (χ1) is 11.7. The van der Waals surface area contributed by atoms with Gasteiger partial charge in [0, 0.05) is 16.7 Å². The van der Waals surface area contributed by atoms with E-state index in [1.54, 1.807) is 0 Å². The molecule has 0 N–H and O–H groups in total. The number of hydrogen-bond donors (Lipinski definition) is 0. The number of benzene rings is 3. The lowest BCUT2D eigenvalue weighted by atomic mass is 9.78. The van der Waals surface area contributed by atoms with Gasteiger partial charge in [-0.3, -0.25) is 0 Å². The maximum absolute atomic E-state index is 10.9. The summed E-state index contributed by atoms with van der Waals surface area (Å²) in [6.07, 6.45) is 0. The molecule has 3 rings (SSSR count). The summed E-state index contributed by atoms with van der Waals surface area (Å²) in [7, 11) is 0. The Labute approximate surface area is 139 Å². The molecule has 0 saturated heterocycles. The third kappa shape index (κ3) is 2.92. The fraction of sp³-hybridized carbons (Fsp3) is 0.0526. The largest absolute Gasteiger partial charge is 0.337 e. The van der Waals surface area contributed by atoms with Gasteiger partial charge in [0.15, 0.2) is 5.22 Å². The first-order valence-corrected chi connectivity index (χ1v) is 7.47. The highest BCUT2D eigenvalue weighted by molar-refractivity contribution is 5.49. The van der Waals surface area contributed by atoms with Gasteiger partial charge in [-0.25, -0.2) is 0 Å². The van der Waals surface area contributed by atoms with E-state index in [-0.39, 0.29) is 0 Å². The molecule has 0 radical (unpaired) electrons. The molecule has 5 nitrogen and oxygen atoms in total. The van der Waals surface area contributed by atoms with Crippen LogP contribution in [0.25, 0.3) is 0 Å². The Kier molecular flexibility index (Phi) is 4.43. The molecule has 118 valence electrons. The van der Waals surface area contributed by atoms with Gasteiger partial charge in [0.05, 0.1) is 10.1 Å². The highest BCUT2D eigenvalue weighted by atomic mass is 16.7. The maximum atomic E-state index is 10.9. The van der Waals surface area contributed by atoms with Gasteiger partial charge in [0.1, 0.15) is 0 Å². The third-order valence-corrected chi connectivity index (χ3v) is 3.84. The van der Waals surface area contributed by atoms with Crippen LogP contribution in [0.3, 0.4) is 0 Å². The molecule has 3 aromatic rings. The first-order valence-electron chi connectivity index (χ1n) is 7.47. The second-order valence-electron chi connectivity index (χ2n) is 5.24. The number of rotatable bonds is 5. The second kappa shape index (κ2) is 6.83. The van der Waals surface area contributed by atoms with Gasteiger partial charge < -0.3 is 10.1 Å². The minimum atomic E-state index is -1.07. The van der Waals surface area contributed by atoms with Gasteiger partial charge in [-0.2, -0.15) is 0 Å². The zero-order chi connectivity index (χ0) is 16.8. The molecular weight excluding hydrogens is 302 g/mol. The van der Waals surface area contributed by atoms with Crippen LogP contribution < -0.4 is 0 Å². The van der Waals surface area contributed by atoms with E-state index in [1.807, 2.05) is 91.0 Å². The fourth-order valence-electron chi connectivity index (χ4n) is 2.81. The molecule has 0 bridgehead atoms. The maximum Gasteiger partial charge on any atom is 0.252 e. The molecule has 0 aliphatic carbocycles. The average Bonchev–Trinajstić information content (AvgIpc) is 2.65. The molecule has 0 atom stereocenters. The molecule has 0 heterocycles. The predicted molar refractivity (Wildman–Crippen MR) is 91.1 cm³/mol. The van der Waals surface area contributed by atoms with Crippen molar-refractivity contribution in [1.29, 1.82) is 0 Å². The molecular formula is C19H15N3O2. The topological polar surface area (TPSA) is 67.9 Å². The summed E-state index contributed by atoms with van der Waals surface area (Å²) in [5, 5.41) is 17.6. The molecule has 0 fully saturated rings. The smallest absolute Gasteiger partial charge is 0.252 e. The lowest BCUT2D eigenvalue weighted by Gasteiger charge is -2.24.